The van der Waals surface area contributed by atoms with Crippen LogP contribution in [0.5, 0.6) is 0 Å². The van der Waals surface area contributed by atoms with Crippen LogP contribution in [0.25, 0.3) is 0 Å². The van der Waals surface area contributed by atoms with E-state index in [1.54, 1.807) is 11.7 Å². The number of nitrogens with zero attached hydrogens (tertiary/aromatic N) is 4. The molecule has 0 aliphatic carbocycles. The lowest BCUT2D eigenvalue weighted by atomic mass is 9.94. The second-order valence-corrected chi connectivity index (χ2v) is 17.2. The van der Waals surface area contributed by atoms with Crippen LogP contribution in [-0.4, -0.2) is 30.5 Å². The van der Waals surface area contributed by atoms with Gasteiger partial charge in [-0.1, -0.05) is 62.3 Å². The number of fused-ring (bicyclic) bond motifs is 1. The predicted molar refractivity (Wildman–Crippen MR) is 120 cm³/mol. The lowest BCUT2D eigenvalue weighted by Gasteiger charge is -2.45. The van der Waals surface area contributed by atoms with Gasteiger partial charge in [0.25, 0.3) is 8.32 Å². The lowest BCUT2D eigenvalue weighted by molar-refractivity contribution is -0.124. The molecule has 2 heterocycles. The highest BCUT2D eigenvalue weighted by Crippen LogP contribution is 2.64. The van der Waals surface area contributed by atoms with E-state index in [9.17, 15) is 4.79 Å². The summed E-state index contributed by atoms with van der Waals surface area (Å²) < 4.78 is 8.73. The maximum atomic E-state index is 12.3. The highest BCUT2D eigenvalue weighted by molar-refractivity contribution is 7.62. The maximum Gasteiger partial charge on any atom is 0.258 e. The van der Waals surface area contributed by atoms with Gasteiger partial charge in [0.1, 0.15) is 19.3 Å². The van der Waals surface area contributed by atoms with Gasteiger partial charge in [-0.3, -0.25) is 4.79 Å². The number of azo groups is 1. The number of hydrogen-bond acceptors (Lipinski definition) is 5. The van der Waals surface area contributed by atoms with Crippen LogP contribution in [0.1, 0.15) is 76.2 Å². The van der Waals surface area contributed by atoms with Gasteiger partial charge >= 0.3 is 0 Å². The van der Waals surface area contributed by atoms with Crippen LogP contribution < -0.4 is 0 Å². The Hall–Kier alpha value is -1.07. The summed E-state index contributed by atoms with van der Waals surface area (Å²) in [5, 5.41) is 13.6. The third-order valence-electron chi connectivity index (χ3n) is 5.69. The fourth-order valence-electron chi connectivity index (χ4n) is 4.46. The minimum Gasteiger partial charge on any atom is -0.544 e. The summed E-state index contributed by atoms with van der Waals surface area (Å²) in [6, 6.07) is 0. The number of amides is 1. The zero-order chi connectivity index (χ0) is 21.6. The summed E-state index contributed by atoms with van der Waals surface area (Å²) in [5.41, 5.74) is 2.82. The number of carbonyl (C=O) groups excluding carboxylic acids is 1. The van der Waals surface area contributed by atoms with Gasteiger partial charge in [0.2, 0.25) is 5.91 Å². The first kappa shape index (κ1) is 23.2. The van der Waals surface area contributed by atoms with Crippen LogP contribution in [0, 0.1) is 5.41 Å². The largest absolute Gasteiger partial charge is 0.544 e. The Labute approximate surface area is 172 Å². The van der Waals surface area contributed by atoms with Crippen LogP contribution in [-0.2, 0) is 9.22 Å². The van der Waals surface area contributed by atoms with Crippen molar-refractivity contribution >= 4 is 28.0 Å². The van der Waals surface area contributed by atoms with Crippen LogP contribution >= 0.6 is 8.07 Å². The van der Waals surface area contributed by atoms with Crippen molar-refractivity contribution in [3.63, 3.8) is 0 Å². The molecule has 0 saturated heterocycles. The third-order valence-corrected chi connectivity index (χ3v) is 14.1. The fraction of sp³-hybridized carbons (Fsp3) is 0.800. The maximum absolute atomic E-state index is 12.3. The Morgan fingerprint density at radius 1 is 1.11 bits per heavy atom. The van der Waals surface area contributed by atoms with Crippen molar-refractivity contribution in [1.82, 2.24) is 4.78 Å². The molecule has 2 aliphatic rings. The molecule has 2 atom stereocenters. The quantitative estimate of drug-likeness (QED) is 0.276. The molecule has 0 fully saturated rings. The van der Waals surface area contributed by atoms with Crippen LogP contribution in [0.4, 0.5) is 0 Å². The average molecular weight is 425 g/mol. The predicted octanol–water partition coefficient (Wildman–Crippen LogP) is 6.82. The van der Waals surface area contributed by atoms with E-state index < -0.39 is 16.4 Å². The van der Waals surface area contributed by atoms with E-state index in [0.717, 1.165) is 16.9 Å². The topological polar surface area (TPSA) is 66.6 Å². The summed E-state index contributed by atoms with van der Waals surface area (Å²) in [6.07, 6.45) is 0. The van der Waals surface area contributed by atoms with E-state index in [2.05, 4.69) is 77.6 Å². The minimum absolute atomic E-state index is 0.0638. The molecular weight excluding hydrogens is 387 g/mol. The molecule has 8 heteroatoms. The van der Waals surface area contributed by atoms with E-state index in [1.807, 2.05) is 6.92 Å². The average Bonchev–Trinajstić information content (AvgIpc) is 3.07. The van der Waals surface area contributed by atoms with E-state index >= 15 is 0 Å². The molecule has 28 heavy (non-hydrogen) atoms. The van der Waals surface area contributed by atoms with E-state index in [-0.39, 0.29) is 17.1 Å². The smallest absolute Gasteiger partial charge is 0.258 e. The van der Waals surface area contributed by atoms with Crippen molar-refractivity contribution < 1.29 is 9.22 Å². The normalized spacial score (nSPS) is 24.4. The van der Waals surface area contributed by atoms with Gasteiger partial charge in [-0.15, -0.1) is 5.11 Å². The van der Waals surface area contributed by atoms with Gasteiger partial charge in [-0.25, -0.2) is 4.78 Å². The second kappa shape index (κ2) is 7.98. The lowest BCUT2D eigenvalue weighted by Crippen LogP contribution is -2.48. The molecule has 2 aliphatic heterocycles. The van der Waals surface area contributed by atoms with E-state index in [4.69, 9.17) is 4.43 Å². The van der Waals surface area contributed by atoms with Gasteiger partial charge in [-0.05, 0) is 23.5 Å². The Balaban J connectivity index is 2.65. The van der Waals surface area contributed by atoms with Crippen molar-refractivity contribution in [3.8, 4) is 0 Å². The summed E-state index contributed by atoms with van der Waals surface area (Å²) in [6.45, 7) is 23.7. The van der Waals surface area contributed by atoms with Gasteiger partial charge in [0.05, 0.1) is 5.71 Å². The molecule has 0 spiro atoms. The van der Waals surface area contributed by atoms with Crippen molar-refractivity contribution in [2.75, 3.05) is 0 Å². The van der Waals surface area contributed by atoms with Crippen LogP contribution in [0.2, 0.25) is 16.6 Å². The van der Waals surface area contributed by atoms with Crippen LogP contribution in [0.3, 0.4) is 0 Å². The molecule has 0 aromatic rings. The van der Waals surface area contributed by atoms with Gasteiger partial charge in [0.15, 0.2) is 5.78 Å². The van der Waals surface area contributed by atoms with Gasteiger partial charge in [-0.2, -0.15) is 10.2 Å². The molecule has 6 nitrogen and oxygen atoms in total. The standard InChI is InChI=1S/C20H37N4O2PSi/c1-12(2)28(13(3)4,14(5)6)26-17(20(9,10)11)19-22-21-18-15(7)23-24(16(8)25)27(18)19/h12-14,18H,1-11H3/b19-17+. The highest BCUT2D eigenvalue weighted by Gasteiger charge is 2.52. The molecule has 0 aromatic heterocycles. The number of carbonyl (C=O) groups is 1. The molecule has 0 radical (unpaired) electrons. The van der Waals surface area contributed by atoms with Crippen molar-refractivity contribution in [2.24, 2.45) is 20.7 Å². The van der Waals surface area contributed by atoms with Crippen molar-refractivity contribution in [3.05, 3.63) is 11.2 Å². The molecule has 158 valence electrons. The summed E-state index contributed by atoms with van der Waals surface area (Å²) >= 11 is 0. The zero-order valence-electron chi connectivity index (χ0n) is 19.4. The molecule has 2 rings (SSSR count). The SMILES string of the molecule is CC(=O)N1N=C(C)C2N=N/C(=C(\O[Si](C(C)C)(C(C)C)C(C)C)C(C)(C)C)P21. The first-order valence-corrected chi connectivity index (χ1v) is 13.7. The highest BCUT2D eigenvalue weighted by atomic mass is 31.1. The molecule has 0 saturated carbocycles. The monoisotopic (exact) mass is 424 g/mol. The summed E-state index contributed by atoms with van der Waals surface area (Å²) in [4.78, 5) is 12.3. The number of hydrazone groups is 1. The summed E-state index contributed by atoms with van der Waals surface area (Å²) in [7, 11) is -3.26. The molecular formula is C20H37N4O2PSi. The number of hydrogen-bond donors (Lipinski definition) is 0. The summed E-state index contributed by atoms with van der Waals surface area (Å²) in [5.74, 6) is 0.706. The Morgan fingerprint density at radius 2 is 1.61 bits per heavy atom. The molecule has 0 N–H and O–H groups in total. The Morgan fingerprint density at radius 3 is 2.00 bits per heavy atom. The van der Waals surface area contributed by atoms with E-state index in [0.29, 0.717) is 16.6 Å². The molecule has 0 bridgehead atoms. The van der Waals surface area contributed by atoms with Crippen LogP contribution in [0.15, 0.2) is 26.5 Å². The minimum atomic E-state index is -2.17. The van der Waals surface area contributed by atoms with Crippen molar-refractivity contribution in [2.45, 2.75) is 98.6 Å². The Bertz CT molecular complexity index is 700. The van der Waals surface area contributed by atoms with Gasteiger partial charge < -0.3 is 4.43 Å². The second-order valence-electron chi connectivity index (χ2n) is 9.81. The first-order chi connectivity index (χ1) is 12.7. The van der Waals surface area contributed by atoms with E-state index in [1.165, 1.54) is 0 Å². The van der Waals surface area contributed by atoms with Crippen molar-refractivity contribution in [1.29, 1.82) is 0 Å². The first-order valence-electron chi connectivity index (χ1n) is 10.2. The third kappa shape index (κ3) is 3.84. The molecule has 0 aromatic carbocycles. The number of rotatable bonds is 5. The number of allylic oxidation sites excluding steroid dienone is 1. The Kier molecular flexibility index (Phi) is 6.62. The fourth-order valence-corrected chi connectivity index (χ4v) is 12.5. The van der Waals surface area contributed by atoms with Gasteiger partial charge in [0, 0.05) is 12.3 Å². The molecule has 1 amide bonds. The zero-order valence-corrected chi connectivity index (χ0v) is 21.3. The molecule has 2 unspecified atom stereocenters.